The van der Waals surface area contributed by atoms with E-state index in [4.69, 9.17) is 6.42 Å². The summed E-state index contributed by atoms with van der Waals surface area (Å²) in [6.07, 6.45) is 10.0. The van der Waals surface area contributed by atoms with Crippen LogP contribution in [0.1, 0.15) is 25.7 Å². The Morgan fingerprint density at radius 2 is 2.00 bits per heavy atom. The maximum absolute atomic E-state index is 5.21. The van der Waals surface area contributed by atoms with Crippen molar-refractivity contribution in [1.82, 2.24) is 9.80 Å². The SMILES string of the molecule is C#CCCCN(C)CCN1CCCC1. The van der Waals surface area contributed by atoms with Crippen LogP contribution in [0, 0.1) is 12.3 Å². The molecule has 0 aromatic carbocycles. The van der Waals surface area contributed by atoms with Gasteiger partial charge in [-0.25, -0.2) is 0 Å². The summed E-state index contributed by atoms with van der Waals surface area (Å²) in [5.74, 6) is 2.68. The molecule has 2 heteroatoms. The van der Waals surface area contributed by atoms with Crippen LogP contribution in [0.15, 0.2) is 0 Å². The summed E-state index contributed by atoms with van der Waals surface area (Å²) in [4.78, 5) is 4.94. The molecule has 0 unspecified atom stereocenters. The van der Waals surface area contributed by atoms with Gasteiger partial charge >= 0.3 is 0 Å². The quantitative estimate of drug-likeness (QED) is 0.466. The van der Waals surface area contributed by atoms with Crippen molar-refractivity contribution in [1.29, 1.82) is 0 Å². The molecule has 0 N–H and O–H groups in total. The van der Waals surface area contributed by atoms with Gasteiger partial charge in [0.15, 0.2) is 0 Å². The van der Waals surface area contributed by atoms with E-state index in [0.29, 0.717) is 0 Å². The van der Waals surface area contributed by atoms with Crippen LogP contribution in [-0.4, -0.2) is 49.6 Å². The molecule has 0 aromatic rings. The second kappa shape index (κ2) is 6.86. The highest BCUT2D eigenvalue weighted by atomic mass is 15.2. The summed E-state index contributed by atoms with van der Waals surface area (Å²) < 4.78 is 0. The fraction of sp³-hybridized carbons (Fsp3) is 0.833. The van der Waals surface area contributed by atoms with Gasteiger partial charge in [-0.2, -0.15) is 0 Å². The van der Waals surface area contributed by atoms with E-state index >= 15 is 0 Å². The molecule has 1 heterocycles. The lowest BCUT2D eigenvalue weighted by Crippen LogP contribution is -2.31. The summed E-state index contributed by atoms with van der Waals surface area (Å²) >= 11 is 0. The fourth-order valence-corrected chi connectivity index (χ4v) is 1.88. The zero-order valence-corrected chi connectivity index (χ0v) is 9.34. The molecule has 0 spiro atoms. The third-order valence-corrected chi connectivity index (χ3v) is 2.86. The maximum atomic E-state index is 5.21. The van der Waals surface area contributed by atoms with Crippen LogP contribution in [0.4, 0.5) is 0 Å². The summed E-state index contributed by atoms with van der Waals surface area (Å²) in [6.45, 7) is 6.16. The molecule has 1 aliphatic rings. The first-order valence-electron chi connectivity index (χ1n) is 5.67. The molecule has 1 saturated heterocycles. The van der Waals surface area contributed by atoms with Gasteiger partial charge in [0.1, 0.15) is 0 Å². The van der Waals surface area contributed by atoms with Gasteiger partial charge < -0.3 is 9.80 Å². The highest BCUT2D eigenvalue weighted by molar-refractivity contribution is 4.83. The highest BCUT2D eigenvalue weighted by Crippen LogP contribution is 2.06. The van der Waals surface area contributed by atoms with Crippen LogP contribution in [0.2, 0.25) is 0 Å². The number of likely N-dealkylation sites (tertiary alicyclic amines) is 1. The molecule has 0 bridgehead atoms. The van der Waals surface area contributed by atoms with Gasteiger partial charge in [0, 0.05) is 19.5 Å². The van der Waals surface area contributed by atoms with Gasteiger partial charge in [-0.1, -0.05) is 0 Å². The van der Waals surface area contributed by atoms with Crippen LogP contribution in [0.3, 0.4) is 0 Å². The first-order chi connectivity index (χ1) is 6.83. The smallest absolute Gasteiger partial charge is 0.0109 e. The van der Waals surface area contributed by atoms with Crippen LogP contribution in [0.5, 0.6) is 0 Å². The molecule has 80 valence electrons. The minimum atomic E-state index is 0.911. The van der Waals surface area contributed by atoms with Gasteiger partial charge in [-0.05, 0) is 45.9 Å². The summed E-state index contributed by atoms with van der Waals surface area (Å²) in [7, 11) is 2.19. The third kappa shape index (κ3) is 4.64. The van der Waals surface area contributed by atoms with Crippen molar-refractivity contribution in [2.45, 2.75) is 25.7 Å². The monoisotopic (exact) mass is 194 g/mol. The number of terminal acetylenes is 1. The first-order valence-corrected chi connectivity index (χ1v) is 5.67. The van der Waals surface area contributed by atoms with Crippen molar-refractivity contribution in [3.8, 4) is 12.3 Å². The number of unbranched alkanes of at least 4 members (excludes halogenated alkanes) is 1. The van der Waals surface area contributed by atoms with E-state index in [1.54, 1.807) is 0 Å². The normalized spacial score (nSPS) is 17.5. The summed E-state index contributed by atoms with van der Waals surface area (Å²) in [5, 5.41) is 0. The Morgan fingerprint density at radius 3 is 2.64 bits per heavy atom. The second-order valence-electron chi connectivity index (χ2n) is 4.16. The molecule has 0 aromatic heterocycles. The van der Waals surface area contributed by atoms with Gasteiger partial charge in [0.2, 0.25) is 0 Å². The molecule has 0 radical (unpaired) electrons. The topological polar surface area (TPSA) is 6.48 Å². The Kier molecular flexibility index (Phi) is 5.66. The average Bonchev–Trinajstić information content (AvgIpc) is 2.68. The van der Waals surface area contributed by atoms with Crippen LogP contribution < -0.4 is 0 Å². The Labute approximate surface area is 88.3 Å². The summed E-state index contributed by atoms with van der Waals surface area (Å²) in [5.41, 5.74) is 0. The molecule has 1 rings (SSSR count). The minimum Gasteiger partial charge on any atom is -0.305 e. The van der Waals surface area contributed by atoms with Gasteiger partial charge in [-0.15, -0.1) is 12.3 Å². The fourth-order valence-electron chi connectivity index (χ4n) is 1.88. The average molecular weight is 194 g/mol. The number of hydrogen-bond donors (Lipinski definition) is 0. The highest BCUT2D eigenvalue weighted by Gasteiger charge is 2.11. The first kappa shape index (κ1) is 11.6. The molecular weight excluding hydrogens is 172 g/mol. The molecular formula is C12H22N2. The van der Waals surface area contributed by atoms with E-state index in [2.05, 4.69) is 22.8 Å². The van der Waals surface area contributed by atoms with Crippen molar-refractivity contribution in [3.05, 3.63) is 0 Å². The van der Waals surface area contributed by atoms with E-state index < -0.39 is 0 Å². The van der Waals surface area contributed by atoms with Crippen molar-refractivity contribution in [3.63, 3.8) is 0 Å². The lowest BCUT2D eigenvalue weighted by atomic mass is 10.3. The predicted molar refractivity (Wildman–Crippen MR) is 61.2 cm³/mol. The molecule has 0 amide bonds. The third-order valence-electron chi connectivity index (χ3n) is 2.86. The number of nitrogens with zero attached hydrogens (tertiary/aromatic N) is 2. The van der Waals surface area contributed by atoms with Crippen molar-refractivity contribution >= 4 is 0 Å². The van der Waals surface area contributed by atoms with Crippen LogP contribution in [0.25, 0.3) is 0 Å². The number of rotatable bonds is 6. The van der Waals surface area contributed by atoms with Gasteiger partial charge in [0.05, 0.1) is 0 Å². The standard InChI is InChI=1S/C12H22N2/c1-3-4-5-8-13(2)11-12-14-9-6-7-10-14/h1H,4-12H2,2H3. The lowest BCUT2D eigenvalue weighted by molar-refractivity contribution is 0.256. The van der Waals surface area contributed by atoms with Crippen LogP contribution in [-0.2, 0) is 0 Å². The lowest BCUT2D eigenvalue weighted by Gasteiger charge is -2.20. The van der Waals surface area contributed by atoms with E-state index in [-0.39, 0.29) is 0 Å². The zero-order valence-electron chi connectivity index (χ0n) is 9.34. The second-order valence-corrected chi connectivity index (χ2v) is 4.16. The molecule has 0 aliphatic carbocycles. The Bertz CT molecular complexity index is 177. The van der Waals surface area contributed by atoms with E-state index in [9.17, 15) is 0 Å². The summed E-state index contributed by atoms with van der Waals surface area (Å²) in [6, 6.07) is 0. The van der Waals surface area contributed by atoms with Gasteiger partial charge in [0.25, 0.3) is 0 Å². The molecule has 0 atom stereocenters. The molecule has 1 fully saturated rings. The Hall–Kier alpha value is -0.520. The van der Waals surface area contributed by atoms with Crippen molar-refractivity contribution in [2.75, 3.05) is 39.8 Å². The van der Waals surface area contributed by atoms with Gasteiger partial charge in [-0.3, -0.25) is 0 Å². The van der Waals surface area contributed by atoms with E-state index in [1.165, 1.54) is 39.0 Å². The Morgan fingerprint density at radius 1 is 1.29 bits per heavy atom. The molecule has 2 nitrogen and oxygen atoms in total. The predicted octanol–water partition coefficient (Wildman–Crippen LogP) is 1.43. The molecule has 1 aliphatic heterocycles. The van der Waals surface area contributed by atoms with Crippen molar-refractivity contribution < 1.29 is 0 Å². The largest absolute Gasteiger partial charge is 0.305 e. The zero-order chi connectivity index (χ0) is 10.2. The molecule has 0 saturated carbocycles. The number of likely N-dealkylation sites (N-methyl/N-ethyl adjacent to an activating group) is 1. The molecule has 14 heavy (non-hydrogen) atoms. The maximum Gasteiger partial charge on any atom is 0.0109 e. The van der Waals surface area contributed by atoms with Crippen LogP contribution >= 0.6 is 0 Å². The Balaban J connectivity index is 1.97. The van der Waals surface area contributed by atoms with Crippen molar-refractivity contribution in [2.24, 2.45) is 0 Å². The minimum absolute atomic E-state index is 0.911. The number of hydrogen-bond acceptors (Lipinski definition) is 2. The van der Waals surface area contributed by atoms with E-state index in [1.807, 2.05) is 0 Å². The van der Waals surface area contributed by atoms with E-state index in [0.717, 1.165) is 19.4 Å².